The van der Waals surface area contributed by atoms with Gasteiger partial charge in [0.15, 0.2) is 11.6 Å². The quantitative estimate of drug-likeness (QED) is 0.723. The molecule has 0 aliphatic carbocycles. The Labute approximate surface area is 69.6 Å². The summed E-state index contributed by atoms with van der Waals surface area (Å²) in [5.74, 6) is 0.375. The van der Waals surface area contributed by atoms with Crippen LogP contribution in [0.1, 0.15) is 18.8 Å². The van der Waals surface area contributed by atoms with Crippen LogP contribution in [-0.2, 0) is 0 Å². The summed E-state index contributed by atoms with van der Waals surface area (Å²) in [4.78, 5) is 7.39. The van der Waals surface area contributed by atoms with Crippen LogP contribution in [0.15, 0.2) is 6.33 Å². The van der Waals surface area contributed by atoms with Crippen molar-refractivity contribution in [2.75, 3.05) is 12.8 Å². The van der Waals surface area contributed by atoms with Crippen LogP contribution >= 0.6 is 0 Å². The Kier molecular flexibility index (Phi) is 2.42. The number of rotatable bonds is 2. The van der Waals surface area contributed by atoms with E-state index in [0.29, 0.717) is 0 Å². The van der Waals surface area contributed by atoms with Gasteiger partial charge in [-0.25, -0.2) is 14.4 Å². The summed E-state index contributed by atoms with van der Waals surface area (Å²) in [5.41, 5.74) is 5.61. The minimum atomic E-state index is -1.20. The van der Waals surface area contributed by atoms with Crippen molar-refractivity contribution in [1.82, 2.24) is 9.97 Å². The molecule has 0 fully saturated rings. The first-order chi connectivity index (χ1) is 5.66. The van der Waals surface area contributed by atoms with E-state index in [4.69, 9.17) is 10.5 Å². The normalized spacial score (nSPS) is 12.6. The van der Waals surface area contributed by atoms with E-state index >= 15 is 0 Å². The number of nitrogens with two attached hydrogens (primary N) is 1. The number of halogens is 1. The third-order valence-electron chi connectivity index (χ3n) is 1.44. The number of hydrogen-bond acceptors (Lipinski definition) is 4. The van der Waals surface area contributed by atoms with Gasteiger partial charge in [-0.3, -0.25) is 0 Å². The molecular formula is C7H10FN3O. The highest BCUT2D eigenvalue weighted by molar-refractivity contribution is 5.48. The predicted octanol–water partition coefficient (Wildman–Crippen LogP) is 1.10. The predicted molar refractivity (Wildman–Crippen MR) is 42.5 cm³/mol. The maximum atomic E-state index is 12.8. The van der Waals surface area contributed by atoms with Crippen LogP contribution in [0.4, 0.5) is 10.2 Å². The first kappa shape index (κ1) is 8.70. The molecule has 0 radical (unpaired) electrons. The van der Waals surface area contributed by atoms with E-state index in [1.54, 1.807) is 0 Å². The molecule has 0 aliphatic rings. The molecule has 1 atom stereocenters. The molecule has 1 heterocycles. The van der Waals surface area contributed by atoms with Crippen LogP contribution in [0, 0.1) is 0 Å². The van der Waals surface area contributed by atoms with Gasteiger partial charge in [0.1, 0.15) is 18.2 Å². The van der Waals surface area contributed by atoms with Gasteiger partial charge in [0, 0.05) is 0 Å². The van der Waals surface area contributed by atoms with Crippen molar-refractivity contribution in [3.8, 4) is 5.75 Å². The molecule has 0 bridgehead atoms. The lowest BCUT2D eigenvalue weighted by atomic mass is 10.2. The molecule has 1 aromatic heterocycles. The van der Waals surface area contributed by atoms with Crippen molar-refractivity contribution in [2.24, 2.45) is 0 Å². The molecule has 2 N–H and O–H groups in total. The number of hydrogen-bond donors (Lipinski definition) is 1. The van der Waals surface area contributed by atoms with Gasteiger partial charge in [-0.2, -0.15) is 0 Å². The Bertz CT molecular complexity index is 277. The fraction of sp³-hybridized carbons (Fsp3) is 0.429. The lowest BCUT2D eigenvalue weighted by Gasteiger charge is -2.08. The zero-order chi connectivity index (χ0) is 9.14. The van der Waals surface area contributed by atoms with Gasteiger partial charge in [0.05, 0.1) is 7.11 Å². The van der Waals surface area contributed by atoms with Gasteiger partial charge in [0.25, 0.3) is 0 Å². The SMILES string of the molecule is COc1c(N)ncnc1C(C)F. The second kappa shape index (κ2) is 3.34. The van der Waals surface area contributed by atoms with Gasteiger partial charge >= 0.3 is 0 Å². The van der Waals surface area contributed by atoms with Gasteiger partial charge in [-0.05, 0) is 6.92 Å². The Morgan fingerprint density at radius 3 is 2.67 bits per heavy atom. The number of aromatic nitrogens is 2. The van der Waals surface area contributed by atoms with E-state index in [-0.39, 0.29) is 17.3 Å². The molecule has 1 rings (SSSR count). The fourth-order valence-electron chi connectivity index (χ4n) is 0.894. The maximum absolute atomic E-state index is 12.8. The average molecular weight is 171 g/mol. The Morgan fingerprint density at radius 2 is 2.25 bits per heavy atom. The van der Waals surface area contributed by atoms with E-state index in [1.807, 2.05) is 0 Å². The number of nitrogens with zero attached hydrogens (tertiary/aromatic N) is 2. The first-order valence-electron chi connectivity index (χ1n) is 3.45. The fourth-order valence-corrected chi connectivity index (χ4v) is 0.894. The summed E-state index contributed by atoms with van der Waals surface area (Å²) in [6.07, 6.45) is 0.00810. The van der Waals surface area contributed by atoms with Gasteiger partial charge in [-0.1, -0.05) is 0 Å². The van der Waals surface area contributed by atoms with Crippen LogP contribution < -0.4 is 10.5 Å². The van der Waals surface area contributed by atoms with Crippen molar-refractivity contribution in [3.63, 3.8) is 0 Å². The smallest absolute Gasteiger partial charge is 0.185 e. The standard InChI is InChI=1S/C7H10FN3O/c1-4(8)5-6(12-2)7(9)11-3-10-5/h3-4H,1-2H3,(H2,9,10,11). The zero-order valence-electron chi connectivity index (χ0n) is 6.91. The Hall–Kier alpha value is -1.39. The Balaban J connectivity index is 3.18. The highest BCUT2D eigenvalue weighted by Crippen LogP contribution is 2.28. The summed E-state index contributed by atoms with van der Waals surface area (Å²) in [7, 11) is 1.40. The summed E-state index contributed by atoms with van der Waals surface area (Å²) >= 11 is 0. The minimum absolute atomic E-state index is 0.159. The second-order valence-electron chi connectivity index (χ2n) is 2.29. The summed E-state index contributed by atoms with van der Waals surface area (Å²) in [5, 5.41) is 0. The lowest BCUT2D eigenvalue weighted by molar-refractivity contribution is 0.337. The lowest BCUT2D eigenvalue weighted by Crippen LogP contribution is -2.03. The zero-order valence-corrected chi connectivity index (χ0v) is 6.91. The largest absolute Gasteiger partial charge is 0.491 e. The molecule has 66 valence electrons. The number of nitrogen functional groups attached to an aromatic ring is 1. The molecule has 0 aliphatic heterocycles. The van der Waals surface area contributed by atoms with E-state index in [9.17, 15) is 4.39 Å². The molecular weight excluding hydrogens is 161 g/mol. The van der Waals surface area contributed by atoms with E-state index in [1.165, 1.54) is 20.4 Å². The summed E-state index contributed by atoms with van der Waals surface area (Å²) < 4.78 is 17.7. The van der Waals surface area contributed by atoms with E-state index in [2.05, 4.69) is 9.97 Å². The number of alkyl halides is 1. The number of anilines is 1. The molecule has 1 unspecified atom stereocenters. The van der Waals surface area contributed by atoms with Crippen molar-refractivity contribution in [1.29, 1.82) is 0 Å². The Morgan fingerprint density at radius 1 is 1.58 bits per heavy atom. The van der Waals surface area contributed by atoms with Crippen LogP contribution in [0.5, 0.6) is 5.75 Å². The maximum Gasteiger partial charge on any atom is 0.185 e. The third-order valence-corrected chi connectivity index (χ3v) is 1.44. The molecule has 0 saturated carbocycles. The molecule has 4 nitrogen and oxygen atoms in total. The topological polar surface area (TPSA) is 61.0 Å². The molecule has 0 aromatic carbocycles. The van der Waals surface area contributed by atoms with Crippen LogP contribution in [0.3, 0.4) is 0 Å². The summed E-state index contributed by atoms with van der Waals surface area (Å²) in [6, 6.07) is 0. The molecule has 0 saturated heterocycles. The molecule has 12 heavy (non-hydrogen) atoms. The van der Waals surface area contributed by atoms with Crippen LogP contribution in [-0.4, -0.2) is 17.1 Å². The second-order valence-corrected chi connectivity index (χ2v) is 2.29. The third kappa shape index (κ3) is 1.44. The molecule has 0 spiro atoms. The van der Waals surface area contributed by atoms with E-state index in [0.717, 1.165) is 0 Å². The summed E-state index contributed by atoms with van der Waals surface area (Å²) in [6.45, 7) is 1.37. The minimum Gasteiger partial charge on any atom is -0.491 e. The molecule has 0 amide bonds. The van der Waals surface area contributed by atoms with Crippen LogP contribution in [0.25, 0.3) is 0 Å². The highest BCUT2D eigenvalue weighted by Gasteiger charge is 2.14. The van der Waals surface area contributed by atoms with Crippen molar-refractivity contribution < 1.29 is 9.13 Å². The van der Waals surface area contributed by atoms with Crippen molar-refractivity contribution >= 4 is 5.82 Å². The molecule has 5 heteroatoms. The average Bonchev–Trinajstić information content (AvgIpc) is 2.03. The van der Waals surface area contributed by atoms with Gasteiger partial charge in [-0.15, -0.1) is 0 Å². The van der Waals surface area contributed by atoms with Crippen molar-refractivity contribution in [3.05, 3.63) is 12.0 Å². The van der Waals surface area contributed by atoms with Crippen LogP contribution in [0.2, 0.25) is 0 Å². The monoisotopic (exact) mass is 171 g/mol. The number of methoxy groups -OCH3 is 1. The first-order valence-corrected chi connectivity index (χ1v) is 3.45. The molecule has 1 aromatic rings. The number of ether oxygens (including phenoxy) is 1. The van der Waals surface area contributed by atoms with Crippen molar-refractivity contribution in [2.45, 2.75) is 13.1 Å². The van der Waals surface area contributed by atoms with Gasteiger partial charge < -0.3 is 10.5 Å². The highest BCUT2D eigenvalue weighted by atomic mass is 19.1. The van der Waals surface area contributed by atoms with Gasteiger partial charge in [0.2, 0.25) is 0 Å². The van der Waals surface area contributed by atoms with E-state index < -0.39 is 6.17 Å².